The minimum atomic E-state index is -3.22. The second-order valence-electron chi connectivity index (χ2n) is 6.10. The van der Waals surface area contributed by atoms with Crippen LogP contribution in [0.25, 0.3) is 0 Å². The van der Waals surface area contributed by atoms with E-state index in [4.69, 9.17) is 9.47 Å². The Hall–Kier alpha value is -2.09. The Bertz CT molecular complexity index is 694. The topological polar surface area (TPSA) is 98.8 Å². The molecule has 0 radical (unpaired) electrons. The molecule has 1 aliphatic carbocycles. The van der Waals surface area contributed by atoms with Gasteiger partial charge in [0.1, 0.15) is 12.3 Å². The minimum Gasteiger partial charge on any atom is -0.494 e. The van der Waals surface area contributed by atoms with Gasteiger partial charge in [-0.3, -0.25) is 9.59 Å². The molecule has 0 saturated heterocycles. The van der Waals surface area contributed by atoms with E-state index in [0.717, 1.165) is 19.1 Å². The van der Waals surface area contributed by atoms with Crippen LogP contribution in [0.5, 0.6) is 5.75 Å². The van der Waals surface area contributed by atoms with E-state index in [2.05, 4.69) is 5.32 Å². The van der Waals surface area contributed by atoms with Gasteiger partial charge in [0, 0.05) is 12.7 Å². The third kappa shape index (κ3) is 7.55. The molecule has 0 aromatic heterocycles. The number of hydrogen-bond donors (Lipinski definition) is 1. The normalized spacial score (nSPS) is 14.0. The van der Waals surface area contributed by atoms with Crippen LogP contribution in [0.15, 0.2) is 29.2 Å². The molecular weight excluding hydrogens is 346 g/mol. The second-order valence-corrected chi connectivity index (χ2v) is 8.11. The lowest BCUT2D eigenvalue weighted by Crippen LogP contribution is -2.31. The number of esters is 1. The Morgan fingerprint density at radius 1 is 1.20 bits per heavy atom. The van der Waals surface area contributed by atoms with Crippen LogP contribution in [0.1, 0.15) is 25.7 Å². The SMILES string of the molecule is CS(=O)(=O)c1ccc(OCCCC(=O)NCC(=O)OCC2CC2)cc1. The van der Waals surface area contributed by atoms with Crippen molar-refractivity contribution in [2.75, 3.05) is 26.0 Å². The highest BCUT2D eigenvalue weighted by atomic mass is 32.2. The first kappa shape index (κ1) is 19.2. The molecule has 0 unspecified atom stereocenters. The first-order valence-corrected chi connectivity index (χ1v) is 10.1. The molecule has 1 fully saturated rings. The van der Waals surface area contributed by atoms with Gasteiger partial charge >= 0.3 is 5.97 Å². The second kappa shape index (κ2) is 8.84. The summed E-state index contributed by atoms with van der Waals surface area (Å²) in [6.07, 6.45) is 4.07. The summed E-state index contributed by atoms with van der Waals surface area (Å²) < 4.78 is 33.2. The largest absolute Gasteiger partial charge is 0.494 e. The van der Waals surface area contributed by atoms with Crippen LogP contribution < -0.4 is 10.1 Å². The third-order valence-corrected chi connectivity index (χ3v) is 4.80. The third-order valence-electron chi connectivity index (χ3n) is 3.68. The number of sulfone groups is 1. The molecule has 1 aromatic carbocycles. The first-order valence-electron chi connectivity index (χ1n) is 8.20. The molecule has 0 heterocycles. The van der Waals surface area contributed by atoms with Gasteiger partial charge in [-0.25, -0.2) is 8.42 Å². The number of rotatable bonds is 10. The highest BCUT2D eigenvalue weighted by Crippen LogP contribution is 2.28. The summed E-state index contributed by atoms with van der Waals surface area (Å²) in [7, 11) is -3.22. The van der Waals surface area contributed by atoms with E-state index in [1.165, 1.54) is 12.1 Å². The fourth-order valence-electron chi connectivity index (χ4n) is 2.01. The van der Waals surface area contributed by atoms with Crippen LogP contribution in [0.2, 0.25) is 0 Å². The molecule has 7 nitrogen and oxygen atoms in total. The maximum absolute atomic E-state index is 11.6. The molecule has 25 heavy (non-hydrogen) atoms. The summed E-state index contributed by atoms with van der Waals surface area (Å²) in [6.45, 7) is 0.651. The minimum absolute atomic E-state index is 0.112. The number of benzene rings is 1. The van der Waals surface area contributed by atoms with E-state index >= 15 is 0 Å². The van der Waals surface area contributed by atoms with Crippen molar-refractivity contribution in [3.8, 4) is 5.75 Å². The van der Waals surface area contributed by atoms with Crippen molar-refractivity contribution in [3.63, 3.8) is 0 Å². The molecule has 1 aromatic rings. The summed E-state index contributed by atoms with van der Waals surface area (Å²) in [5.74, 6) is 0.390. The molecule has 1 saturated carbocycles. The average molecular weight is 369 g/mol. The van der Waals surface area contributed by atoms with Gasteiger partial charge in [-0.05, 0) is 49.4 Å². The summed E-state index contributed by atoms with van der Waals surface area (Å²) in [5, 5.41) is 2.51. The summed E-state index contributed by atoms with van der Waals surface area (Å²) in [5.41, 5.74) is 0. The summed E-state index contributed by atoms with van der Waals surface area (Å²) >= 11 is 0. The van der Waals surface area contributed by atoms with Gasteiger partial charge in [0.15, 0.2) is 9.84 Å². The molecule has 1 amide bonds. The van der Waals surface area contributed by atoms with E-state index in [9.17, 15) is 18.0 Å². The van der Waals surface area contributed by atoms with E-state index in [1.54, 1.807) is 12.1 Å². The zero-order chi connectivity index (χ0) is 18.3. The Morgan fingerprint density at radius 3 is 2.48 bits per heavy atom. The Morgan fingerprint density at radius 2 is 1.88 bits per heavy atom. The van der Waals surface area contributed by atoms with Crippen molar-refractivity contribution < 1.29 is 27.5 Å². The van der Waals surface area contributed by atoms with Gasteiger partial charge in [0.05, 0.1) is 18.1 Å². The lowest BCUT2D eigenvalue weighted by atomic mass is 10.3. The predicted molar refractivity (Wildman–Crippen MR) is 91.0 cm³/mol. The zero-order valence-electron chi connectivity index (χ0n) is 14.2. The number of ether oxygens (including phenoxy) is 2. The van der Waals surface area contributed by atoms with E-state index in [0.29, 0.717) is 31.3 Å². The molecule has 1 aliphatic rings. The van der Waals surface area contributed by atoms with Gasteiger partial charge in [0.25, 0.3) is 0 Å². The number of amides is 1. The van der Waals surface area contributed by atoms with Crippen LogP contribution in [-0.4, -0.2) is 46.3 Å². The summed E-state index contributed by atoms with van der Waals surface area (Å²) in [6, 6.07) is 6.11. The molecule has 0 aliphatic heterocycles. The van der Waals surface area contributed by atoms with Crippen molar-refractivity contribution in [2.45, 2.75) is 30.6 Å². The molecule has 0 spiro atoms. The zero-order valence-corrected chi connectivity index (χ0v) is 15.0. The molecule has 0 atom stereocenters. The smallest absolute Gasteiger partial charge is 0.325 e. The number of carbonyl (C=O) groups is 2. The van der Waals surface area contributed by atoms with E-state index in [-0.39, 0.29) is 23.8 Å². The molecule has 8 heteroatoms. The van der Waals surface area contributed by atoms with Gasteiger partial charge in [0.2, 0.25) is 5.91 Å². The summed E-state index contributed by atoms with van der Waals surface area (Å²) in [4.78, 5) is 23.2. The van der Waals surface area contributed by atoms with Gasteiger partial charge in [-0.15, -0.1) is 0 Å². The highest BCUT2D eigenvalue weighted by Gasteiger charge is 2.23. The molecule has 0 bridgehead atoms. The monoisotopic (exact) mass is 369 g/mol. The molecular formula is C17H23NO6S. The lowest BCUT2D eigenvalue weighted by molar-refractivity contribution is -0.144. The molecule has 2 rings (SSSR count). The number of carbonyl (C=O) groups excluding carboxylic acids is 2. The van der Waals surface area contributed by atoms with Crippen molar-refractivity contribution in [3.05, 3.63) is 24.3 Å². The van der Waals surface area contributed by atoms with Crippen molar-refractivity contribution >= 4 is 21.7 Å². The van der Waals surface area contributed by atoms with Crippen molar-refractivity contribution in [2.24, 2.45) is 5.92 Å². The number of hydrogen-bond acceptors (Lipinski definition) is 6. The molecule has 1 N–H and O–H groups in total. The molecule has 138 valence electrons. The van der Waals surface area contributed by atoms with Crippen LogP contribution in [0, 0.1) is 5.92 Å². The van der Waals surface area contributed by atoms with Gasteiger partial charge in [-0.1, -0.05) is 0 Å². The van der Waals surface area contributed by atoms with Crippen LogP contribution in [0.4, 0.5) is 0 Å². The van der Waals surface area contributed by atoms with Crippen LogP contribution >= 0.6 is 0 Å². The fraction of sp³-hybridized carbons (Fsp3) is 0.529. The highest BCUT2D eigenvalue weighted by molar-refractivity contribution is 7.90. The van der Waals surface area contributed by atoms with Crippen LogP contribution in [-0.2, 0) is 24.2 Å². The maximum atomic E-state index is 11.6. The van der Waals surface area contributed by atoms with Crippen LogP contribution in [0.3, 0.4) is 0 Å². The Labute approximate surface area is 147 Å². The Balaban J connectivity index is 1.57. The van der Waals surface area contributed by atoms with Crippen molar-refractivity contribution in [1.82, 2.24) is 5.32 Å². The quantitative estimate of drug-likeness (QED) is 0.493. The lowest BCUT2D eigenvalue weighted by Gasteiger charge is -2.08. The first-order chi connectivity index (χ1) is 11.8. The van der Waals surface area contributed by atoms with Crippen molar-refractivity contribution in [1.29, 1.82) is 0 Å². The van der Waals surface area contributed by atoms with Gasteiger partial charge in [-0.2, -0.15) is 0 Å². The van der Waals surface area contributed by atoms with E-state index in [1.807, 2.05) is 0 Å². The maximum Gasteiger partial charge on any atom is 0.325 e. The Kier molecular flexibility index (Phi) is 6.81. The average Bonchev–Trinajstić information content (AvgIpc) is 3.39. The number of nitrogens with one attached hydrogen (secondary N) is 1. The predicted octanol–water partition coefficient (Wildman–Crippen LogP) is 1.32. The standard InChI is InChI=1S/C17H23NO6S/c1-25(21,22)15-8-6-14(7-9-15)23-10-2-3-16(19)18-11-17(20)24-12-13-4-5-13/h6-9,13H,2-5,10-12H2,1H3,(H,18,19). The fourth-order valence-corrected chi connectivity index (χ4v) is 2.64. The van der Waals surface area contributed by atoms with E-state index < -0.39 is 15.8 Å². The van der Waals surface area contributed by atoms with Gasteiger partial charge < -0.3 is 14.8 Å².